The zero-order valence-corrected chi connectivity index (χ0v) is 11.9. The summed E-state index contributed by atoms with van der Waals surface area (Å²) in [5.41, 5.74) is 0.813. The number of benzene rings is 1. The van der Waals surface area contributed by atoms with Gasteiger partial charge in [0.15, 0.2) is 0 Å². The van der Waals surface area contributed by atoms with E-state index in [1.807, 2.05) is 0 Å². The van der Waals surface area contributed by atoms with Crippen LogP contribution in [0.2, 0.25) is 0 Å². The van der Waals surface area contributed by atoms with Gasteiger partial charge in [-0.25, -0.2) is 4.39 Å². The summed E-state index contributed by atoms with van der Waals surface area (Å²) in [6.45, 7) is 2.77. The lowest BCUT2D eigenvalue weighted by Gasteiger charge is -2.26. The summed E-state index contributed by atoms with van der Waals surface area (Å²) >= 11 is 3.36. The van der Waals surface area contributed by atoms with Crippen molar-refractivity contribution < 1.29 is 13.9 Å². The fourth-order valence-electron chi connectivity index (χ4n) is 2.05. The summed E-state index contributed by atoms with van der Waals surface area (Å²) in [7, 11) is 1.71. The van der Waals surface area contributed by atoms with Crippen molar-refractivity contribution in [3.63, 3.8) is 0 Å². The molecule has 1 fully saturated rings. The van der Waals surface area contributed by atoms with E-state index in [9.17, 15) is 4.39 Å². The van der Waals surface area contributed by atoms with Gasteiger partial charge in [-0.05, 0) is 17.7 Å². The maximum absolute atomic E-state index is 12.9. The second kappa shape index (κ2) is 6.10. The second-order valence-electron chi connectivity index (χ2n) is 4.53. The minimum atomic E-state index is -0.233. The lowest BCUT2D eigenvalue weighted by Crippen LogP contribution is -2.42. The number of ether oxygens (including phenoxy) is 2. The van der Waals surface area contributed by atoms with Crippen molar-refractivity contribution in [2.24, 2.45) is 0 Å². The molecule has 1 aliphatic rings. The second-order valence-corrected chi connectivity index (χ2v) is 5.38. The third-order valence-electron chi connectivity index (χ3n) is 3.28. The first-order chi connectivity index (χ1) is 8.65. The number of hydrogen-bond acceptors (Lipinski definition) is 3. The van der Waals surface area contributed by atoms with E-state index in [2.05, 4.69) is 21.2 Å². The highest BCUT2D eigenvalue weighted by atomic mass is 79.9. The van der Waals surface area contributed by atoms with Crippen molar-refractivity contribution in [2.45, 2.75) is 18.6 Å². The van der Waals surface area contributed by atoms with Crippen LogP contribution < -0.4 is 5.32 Å². The Morgan fingerprint density at radius 3 is 3.00 bits per heavy atom. The van der Waals surface area contributed by atoms with Gasteiger partial charge in [0.05, 0.1) is 6.61 Å². The van der Waals surface area contributed by atoms with Gasteiger partial charge in [-0.15, -0.1) is 0 Å². The third kappa shape index (κ3) is 3.29. The Kier molecular flexibility index (Phi) is 4.72. The van der Waals surface area contributed by atoms with Crippen LogP contribution in [-0.2, 0) is 16.0 Å². The molecule has 0 spiro atoms. The zero-order chi connectivity index (χ0) is 13.0. The average Bonchev–Trinajstić information content (AvgIpc) is 2.81. The molecule has 5 heteroatoms. The molecule has 1 atom stereocenters. The molecule has 1 unspecified atom stereocenters. The summed E-state index contributed by atoms with van der Waals surface area (Å²) in [5.74, 6) is -0.233. The van der Waals surface area contributed by atoms with Gasteiger partial charge < -0.3 is 14.8 Å². The molecule has 0 aromatic heterocycles. The highest BCUT2D eigenvalue weighted by Gasteiger charge is 2.34. The maximum Gasteiger partial charge on any atom is 0.124 e. The van der Waals surface area contributed by atoms with Gasteiger partial charge in [-0.1, -0.05) is 22.0 Å². The van der Waals surface area contributed by atoms with Crippen LogP contribution in [0.15, 0.2) is 22.7 Å². The number of rotatable bonds is 5. The first kappa shape index (κ1) is 13.9. The minimum Gasteiger partial charge on any atom is -0.378 e. The molecule has 1 aromatic rings. The van der Waals surface area contributed by atoms with E-state index in [-0.39, 0.29) is 11.4 Å². The molecule has 0 radical (unpaired) electrons. The van der Waals surface area contributed by atoms with Crippen molar-refractivity contribution in [3.05, 3.63) is 34.1 Å². The third-order valence-corrected chi connectivity index (χ3v) is 4.02. The SMILES string of the molecule is COC1(CNCc2ccc(F)cc2Br)CCOC1. The molecular weight excluding hydrogens is 301 g/mol. The molecule has 1 N–H and O–H groups in total. The van der Waals surface area contributed by atoms with Crippen LogP contribution in [0.5, 0.6) is 0 Å². The maximum atomic E-state index is 12.9. The van der Waals surface area contributed by atoms with Gasteiger partial charge in [0, 0.05) is 37.7 Å². The van der Waals surface area contributed by atoms with Gasteiger partial charge in [-0.3, -0.25) is 0 Å². The Morgan fingerprint density at radius 1 is 1.56 bits per heavy atom. The van der Waals surface area contributed by atoms with Gasteiger partial charge in [0.2, 0.25) is 0 Å². The molecule has 18 heavy (non-hydrogen) atoms. The molecule has 0 saturated carbocycles. The van der Waals surface area contributed by atoms with Crippen LogP contribution in [0.25, 0.3) is 0 Å². The predicted molar refractivity (Wildman–Crippen MR) is 71.0 cm³/mol. The summed E-state index contributed by atoms with van der Waals surface area (Å²) in [6.07, 6.45) is 0.904. The zero-order valence-electron chi connectivity index (χ0n) is 10.3. The van der Waals surface area contributed by atoms with Crippen molar-refractivity contribution >= 4 is 15.9 Å². The normalized spacial score (nSPS) is 23.5. The van der Waals surface area contributed by atoms with E-state index in [1.54, 1.807) is 13.2 Å². The van der Waals surface area contributed by atoms with Gasteiger partial charge in [0.1, 0.15) is 11.4 Å². The van der Waals surface area contributed by atoms with Crippen molar-refractivity contribution in [2.75, 3.05) is 26.9 Å². The van der Waals surface area contributed by atoms with Crippen LogP contribution in [0.1, 0.15) is 12.0 Å². The molecule has 1 aliphatic heterocycles. The Labute approximate surface area is 115 Å². The van der Waals surface area contributed by atoms with Crippen LogP contribution in [-0.4, -0.2) is 32.5 Å². The van der Waals surface area contributed by atoms with Crippen molar-refractivity contribution in [3.8, 4) is 0 Å². The van der Waals surface area contributed by atoms with Crippen LogP contribution >= 0.6 is 15.9 Å². The van der Waals surface area contributed by atoms with Gasteiger partial charge >= 0.3 is 0 Å². The minimum absolute atomic E-state index is 0.216. The van der Waals surface area contributed by atoms with Gasteiger partial charge in [0.25, 0.3) is 0 Å². The van der Waals surface area contributed by atoms with Gasteiger partial charge in [-0.2, -0.15) is 0 Å². The molecule has 1 heterocycles. The fourth-order valence-corrected chi connectivity index (χ4v) is 2.54. The molecule has 3 nitrogen and oxygen atoms in total. The Balaban J connectivity index is 1.88. The van der Waals surface area contributed by atoms with E-state index in [4.69, 9.17) is 9.47 Å². The molecule has 100 valence electrons. The first-order valence-corrected chi connectivity index (χ1v) is 6.72. The largest absolute Gasteiger partial charge is 0.378 e. The number of hydrogen-bond donors (Lipinski definition) is 1. The van der Waals surface area contributed by atoms with Crippen LogP contribution in [0.4, 0.5) is 4.39 Å². The van der Waals surface area contributed by atoms with E-state index in [1.165, 1.54) is 12.1 Å². The van der Waals surface area contributed by atoms with Crippen LogP contribution in [0.3, 0.4) is 0 Å². The van der Waals surface area contributed by atoms with Crippen molar-refractivity contribution in [1.29, 1.82) is 0 Å². The molecular formula is C13H17BrFNO2. The summed E-state index contributed by atoms with van der Waals surface area (Å²) in [5, 5.41) is 3.34. The first-order valence-electron chi connectivity index (χ1n) is 5.93. The fraction of sp³-hybridized carbons (Fsp3) is 0.538. The average molecular weight is 318 g/mol. The van der Waals surface area contributed by atoms with E-state index < -0.39 is 0 Å². The Hall–Kier alpha value is -0.490. The van der Waals surface area contributed by atoms with Crippen molar-refractivity contribution in [1.82, 2.24) is 5.32 Å². The smallest absolute Gasteiger partial charge is 0.124 e. The molecule has 0 amide bonds. The molecule has 1 saturated heterocycles. The predicted octanol–water partition coefficient (Wildman–Crippen LogP) is 2.48. The topological polar surface area (TPSA) is 30.5 Å². The lowest BCUT2D eigenvalue weighted by molar-refractivity contribution is -0.0159. The standard InChI is InChI=1S/C13H17BrFNO2/c1-17-13(4-5-18-9-13)8-16-7-10-2-3-11(15)6-12(10)14/h2-3,6,16H,4-5,7-9H2,1H3. The molecule has 0 aliphatic carbocycles. The van der Waals surface area contributed by atoms with Crippen LogP contribution in [0, 0.1) is 5.82 Å². The van der Waals surface area contributed by atoms with E-state index in [0.29, 0.717) is 13.2 Å². The quantitative estimate of drug-likeness (QED) is 0.905. The summed E-state index contributed by atoms with van der Waals surface area (Å²) < 4.78 is 24.6. The molecule has 2 rings (SSSR count). The highest BCUT2D eigenvalue weighted by Crippen LogP contribution is 2.22. The Morgan fingerprint density at radius 2 is 2.39 bits per heavy atom. The number of nitrogens with one attached hydrogen (secondary N) is 1. The van der Waals surface area contributed by atoms with E-state index >= 15 is 0 Å². The highest BCUT2D eigenvalue weighted by molar-refractivity contribution is 9.10. The Bertz CT molecular complexity index is 408. The van der Waals surface area contributed by atoms with E-state index in [0.717, 1.165) is 29.6 Å². The summed E-state index contributed by atoms with van der Waals surface area (Å²) in [6, 6.07) is 4.71. The summed E-state index contributed by atoms with van der Waals surface area (Å²) in [4.78, 5) is 0. The monoisotopic (exact) mass is 317 g/mol. The lowest BCUT2D eigenvalue weighted by atomic mass is 10.0. The molecule has 1 aromatic carbocycles. The molecule has 0 bridgehead atoms. The number of halogens is 2. The number of methoxy groups -OCH3 is 1.